The fourth-order valence-electron chi connectivity index (χ4n) is 4.66. The third-order valence-corrected chi connectivity index (χ3v) is 8.57. The fraction of sp³-hybridized carbons (Fsp3) is 0.806. The molecule has 9 heteroatoms. The zero-order valence-electron chi connectivity index (χ0n) is 29.6. The van der Waals surface area contributed by atoms with E-state index in [1.54, 1.807) is 6.08 Å². The van der Waals surface area contributed by atoms with E-state index in [0.717, 1.165) is 44.9 Å². The first-order valence-electron chi connectivity index (χ1n) is 17.9. The van der Waals surface area contributed by atoms with Crippen LogP contribution in [0.25, 0.3) is 0 Å². The van der Waals surface area contributed by atoms with Gasteiger partial charge >= 0.3 is 7.82 Å². The molecule has 0 saturated heterocycles. The first-order valence-corrected chi connectivity index (χ1v) is 19.4. The topological polar surface area (TPSA) is 105 Å². The second-order valence-electron chi connectivity index (χ2n) is 13.2. The van der Waals surface area contributed by atoms with Crippen molar-refractivity contribution in [2.45, 2.75) is 148 Å². The van der Waals surface area contributed by atoms with Gasteiger partial charge in [-0.2, -0.15) is 0 Å². The number of carbonyl (C=O) groups excluding carboxylic acids is 1. The number of allylic oxidation sites excluding steroid dienone is 5. The number of likely N-dealkylation sites (N-methyl/N-ethyl adjacent to an activating group) is 1. The Bertz CT molecular complexity index is 840. The van der Waals surface area contributed by atoms with Crippen molar-refractivity contribution in [2.75, 3.05) is 40.9 Å². The molecule has 0 bridgehead atoms. The minimum atomic E-state index is -4.32. The molecule has 0 aromatic heterocycles. The fourth-order valence-corrected chi connectivity index (χ4v) is 5.39. The van der Waals surface area contributed by atoms with Gasteiger partial charge in [-0.1, -0.05) is 121 Å². The normalized spacial score (nSPS) is 15.3. The summed E-state index contributed by atoms with van der Waals surface area (Å²) in [7, 11) is 1.54. The van der Waals surface area contributed by atoms with E-state index in [0.29, 0.717) is 17.4 Å². The lowest BCUT2D eigenvalue weighted by Gasteiger charge is -2.25. The molecule has 0 aliphatic heterocycles. The summed E-state index contributed by atoms with van der Waals surface area (Å²) in [5.74, 6) is -0.219. The van der Waals surface area contributed by atoms with E-state index >= 15 is 0 Å². The minimum Gasteiger partial charge on any atom is -0.387 e. The van der Waals surface area contributed by atoms with Crippen molar-refractivity contribution in [1.29, 1.82) is 0 Å². The molecule has 0 radical (unpaired) electrons. The average molecular weight is 658 g/mol. The van der Waals surface area contributed by atoms with Gasteiger partial charge in [0.2, 0.25) is 5.91 Å². The van der Waals surface area contributed by atoms with E-state index in [4.69, 9.17) is 9.05 Å². The predicted molar refractivity (Wildman–Crippen MR) is 189 cm³/mol. The lowest BCUT2D eigenvalue weighted by Crippen LogP contribution is -2.45. The number of aliphatic hydroxyl groups excluding tert-OH is 1. The average Bonchev–Trinajstić information content (AvgIpc) is 2.97. The molecule has 8 nitrogen and oxygen atoms in total. The van der Waals surface area contributed by atoms with Crippen molar-refractivity contribution in [2.24, 2.45) is 0 Å². The quantitative estimate of drug-likeness (QED) is 0.0298. The Morgan fingerprint density at radius 3 is 1.78 bits per heavy atom. The molecule has 0 aromatic rings. The molecule has 0 fully saturated rings. The van der Waals surface area contributed by atoms with Gasteiger partial charge in [-0.3, -0.25) is 13.8 Å². The van der Waals surface area contributed by atoms with Crippen LogP contribution < -0.4 is 5.32 Å². The van der Waals surface area contributed by atoms with Crippen molar-refractivity contribution in [3.63, 3.8) is 0 Å². The molecule has 1 amide bonds. The first kappa shape index (κ1) is 43.7. The van der Waals surface area contributed by atoms with Crippen molar-refractivity contribution in [1.82, 2.24) is 5.32 Å². The third kappa shape index (κ3) is 31.1. The van der Waals surface area contributed by atoms with Crippen LogP contribution in [0.2, 0.25) is 0 Å². The molecular weight excluding hydrogens is 587 g/mol. The molecule has 0 aliphatic carbocycles. The molecular formula is C36H70N2O6P+. The molecule has 45 heavy (non-hydrogen) atoms. The zero-order chi connectivity index (χ0) is 33.7. The number of rotatable bonds is 31. The monoisotopic (exact) mass is 657 g/mol. The molecule has 264 valence electrons. The summed E-state index contributed by atoms with van der Waals surface area (Å²) in [5, 5.41) is 13.5. The number of unbranched alkanes of at least 4 members (excludes halogenated alkanes) is 14. The van der Waals surface area contributed by atoms with E-state index < -0.39 is 20.0 Å². The molecule has 0 aliphatic rings. The smallest absolute Gasteiger partial charge is 0.387 e. The molecule has 0 aromatic carbocycles. The molecule has 0 saturated carbocycles. The molecule has 3 atom stereocenters. The van der Waals surface area contributed by atoms with E-state index in [1.165, 1.54) is 70.6 Å². The number of amides is 1. The van der Waals surface area contributed by atoms with Gasteiger partial charge in [-0.05, 0) is 44.9 Å². The predicted octanol–water partition coefficient (Wildman–Crippen LogP) is 8.79. The Hall–Kier alpha value is -1.28. The Labute approximate surface area is 276 Å². The number of hydrogen-bond donors (Lipinski definition) is 3. The van der Waals surface area contributed by atoms with Gasteiger partial charge in [0, 0.05) is 6.42 Å². The van der Waals surface area contributed by atoms with Crippen LogP contribution in [0.3, 0.4) is 0 Å². The van der Waals surface area contributed by atoms with E-state index in [1.807, 2.05) is 27.2 Å². The highest BCUT2D eigenvalue weighted by molar-refractivity contribution is 7.47. The number of phosphoric ester groups is 1. The van der Waals surface area contributed by atoms with Crippen LogP contribution in [-0.2, 0) is 18.4 Å². The van der Waals surface area contributed by atoms with Crippen LogP contribution in [0, 0.1) is 0 Å². The highest BCUT2D eigenvalue weighted by Gasteiger charge is 2.27. The summed E-state index contributed by atoms with van der Waals surface area (Å²) in [5.41, 5.74) is 0. The Kier molecular flexibility index (Phi) is 28.1. The second kappa shape index (κ2) is 28.9. The van der Waals surface area contributed by atoms with Crippen LogP contribution in [0.15, 0.2) is 36.5 Å². The van der Waals surface area contributed by atoms with Gasteiger partial charge in [-0.15, -0.1) is 0 Å². The number of hydrogen-bond acceptors (Lipinski definition) is 5. The number of carbonyl (C=O) groups is 1. The number of nitrogens with one attached hydrogen (secondary N) is 1. The van der Waals surface area contributed by atoms with Crippen molar-refractivity contribution >= 4 is 13.7 Å². The minimum absolute atomic E-state index is 0.0526. The summed E-state index contributed by atoms with van der Waals surface area (Å²) >= 11 is 0. The number of aliphatic hydroxyl groups is 1. The number of quaternary nitrogens is 1. The highest BCUT2D eigenvalue weighted by Crippen LogP contribution is 2.43. The van der Waals surface area contributed by atoms with Crippen LogP contribution >= 0.6 is 7.82 Å². The lowest BCUT2D eigenvalue weighted by molar-refractivity contribution is -0.870. The Morgan fingerprint density at radius 1 is 0.733 bits per heavy atom. The summed E-state index contributed by atoms with van der Waals surface area (Å²) < 4.78 is 23.2. The number of nitrogens with zero attached hydrogens (tertiary/aromatic N) is 1. The van der Waals surface area contributed by atoms with Crippen LogP contribution in [0.4, 0.5) is 0 Å². The summed E-state index contributed by atoms with van der Waals surface area (Å²) in [6.45, 7) is 4.58. The standard InChI is InChI=1S/C36H69N2O6P/c1-6-8-10-11-12-13-14-15-16-17-18-19-20-21-22-23-24-25-26-28-29-35(39)34(37-36(40)30-27-9-7-2)33-44-45(41,42)43-32-31-38(3,4)5/h19-20,23-24,28-29,34-35,39H,6-18,21-22,25-27,30-33H2,1-5H3,(H-,37,40,41,42)/p+1/b20-19+,24-23+,29-28+. The zero-order valence-corrected chi connectivity index (χ0v) is 30.5. The van der Waals surface area contributed by atoms with Gasteiger partial charge in [-0.25, -0.2) is 4.57 Å². The highest BCUT2D eigenvalue weighted by atomic mass is 31.2. The van der Waals surface area contributed by atoms with Gasteiger partial charge in [0.1, 0.15) is 13.2 Å². The Morgan fingerprint density at radius 2 is 1.22 bits per heavy atom. The summed E-state index contributed by atoms with van der Waals surface area (Å²) in [4.78, 5) is 22.5. The molecule has 3 N–H and O–H groups in total. The summed E-state index contributed by atoms with van der Waals surface area (Å²) in [6, 6.07) is -0.861. The molecule has 0 spiro atoms. The van der Waals surface area contributed by atoms with Crippen molar-refractivity contribution in [3.05, 3.63) is 36.5 Å². The first-order chi connectivity index (χ1) is 21.5. The van der Waals surface area contributed by atoms with Crippen LogP contribution in [0.1, 0.15) is 136 Å². The van der Waals surface area contributed by atoms with Gasteiger partial charge in [0.05, 0.1) is 39.9 Å². The maximum Gasteiger partial charge on any atom is 0.472 e. The Balaban J connectivity index is 4.33. The maximum atomic E-state index is 12.4. The van der Waals surface area contributed by atoms with Gasteiger partial charge < -0.3 is 19.8 Å². The molecule has 3 unspecified atom stereocenters. The van der Waals surface area contributed by atoms with E-state index in [-0.39, 0.29) is 19.1 Å². The van der Waals surface area contributed by atoms with Crippen molar-refractivity contribution < 1.29 is 32.9 Å². The summed E-state index contributed by atoms with van der Waals surface area (Å²) in [6.07, 6.45) is 32.9. The third-order valence-electron chi connectivity index (χ3n) is 7.59. The molecule has 0 rings (SSSR count). The van der Waals surface area contributed by atoms with Crippen molar-refractivity contribution in [3.8, 4) is 0 Å². The van der Waals surface area contributed by atoms with Gasteiger partial charge in [0.25, 0.3) is 0 Å². The second-order valence-corrected chi connectivity index (χ2v) is 14.7. The SMILES string of the molecule is CCCCCCCCCCCC/C=C/CC/C=C/CC/C=C/C(O)C(COP(=O)(O)OCC[N+](C)(C)C)NC(=O)CCCCC. The lowest BCUT2D eigenvalue weighted by atomic mass is 10.1. The molecule has 0 heterocycles. The maximum absolute atomic E-state index is 12.4. The van der Waals surface area contributed by atoms with Gasteiger partial charge in [0.15, 0.2) is 0 Å². The van der Waals surface area contributed by atoms with E-state index in [2.05, 4.69) is 43.5 Å². The largest absolute Gasteiger partial charge is 0.472 e. The van der Waals surface area contributed by atoms with Crippen LogP contribution in [0.5, 0.6) is 0 Å². The van der Waals surface area contributed by atoms with E-state index in [9.17, 15) is 19.4 Å². The van der Waals surface area contributed by atoms with Crippen LogP contribution in [-0.4, -0.2) is 73.4 Å². The number of phosphoric acid groups is 1.